The fraction of sp³-hybridized carbons (Fsp3) is 0.143. The van der Waals surface area contributed by atoms with Crippen molar-refractivity contribution in [3.63, 3.8) is 0 Å². The van der Waals surface area contributed by atoms with E-state index in [0.717, 1.165) is 17.4 Å². The van der Waals surface area contributed by atoms with Crippen LogP contribution in [0.25, 0.3) is 17.1 Å². The molecule has 1 aromatic carbocycles. The van der Waals surface area contributed by atoms with Crippen LogP contribution in [0.4, 0.5) is 8.78 Å². The van der Waals surface area contributed by atoms with Crippen molar-refractivity contribution in [3.05, 3.63) is 90.3 Å². The molecule has 0 fully saturated rings. The van der Waals surface area contributed by atoms with Crippen LogP contribution in [-0.2, 0) is 5.41 Å². The lowest BCUT2D eigenvalue weighted by Crippen LogP contribution is -2.22. The van der Waals surface area contributed by atoms with Gasteiger partial charge in [-0.15, -0.1) is 0 Å². The average Bonchev–Trinajstić information content (AvgIpc) is 3.20. The molecular weight excluding hydrogens is 360 g/mol. The molecule has 3 heterocycles. The van der Waals surface area contributed by atoms with Crippen LogP contribution in [0.5, 0.6) is 0 Å². The van der Waals surface area contributed by atoms with E-state index in [1.54, 1.807) is 16.9 Å². The normalized spacial score (nSPS) is 11.6. The van der Waals surface area contributed by atoms with Gasteiger partial charge in [0, 0.05) is 12.4 Å². The number of rotatable bonds is 4. The summed E-state index contributed by atoms with van der Waals surface area (Å²) in [6.45, 7) is 3.96. The zero-order valence-corrected chi connectivity index (χ0v) is 15.3. The highest BCUT2D eigenvalue weighted by Gasteiger charge is 2.28. The zero-order chi connectivity index (χ0) is 19.7. The Morgan fingerprint density at radius 3 is 2.39 bits per heavy atom. The van der Waals surface area contributed by atoms with Crippen molar-refractivity contribution in [2.75, 3.05) is 0 Å². The van der Waals surface area contributed by atoms with E-state index in [0.29, 0.717) is 5.69 Å². The monoisotopic (exact) mass is 377 g/mol. The van der Waals surface area contributed by atoms with Gasteiger partial charge in [-0.2, -0.15) is 18.9 Å². The molecule has 0 radical (unpaired) electrons. The Labute approximate surface area is 160 Å². The van der Waals surface area contributed by atoms with Gasteiger partial charge in [0.1, 0.15) is 0 Å². The van der Waals surface area contributed by atoms with Crippen molar-refractivity contribution in [2.24, 2.45) is 0 Å². The second kappa shape index (κ2) is 6.92. The third kappa shape index (κ3) is 3.26. The first-order valence-electron chi connectivity index (χ1n) is 8.72. The van der Waals surface area contributed by atoms with Crippen molar-refractivity contribution < 1.29 is 8.78 Å². The summed E-state index contributed by atoms with van der Waals surface area (Å²) >= 11 is 0. The molecule has 0 aliphatic carbocycles. The van der Waals surface area contributed by atoms with Gasteiger partial charge in [-0.05, 0) is 50.2 Å². The minimum Gasteiger partial charge on any atom is -0.241 e. The van der Waals surface area contributed by atoms with Gasteiger partial charge in [-0.1, -0.05) is 18.2 Å². The van der Waals surface area contributed by atoms with Gasteiger partial charge in [0.25, 0.3) is 0 Å². The van der Waals surface area contributed by atoms with Crippen molar-refractivity contribution in [2.45, 2.75) is 19.3 Å². The summed E-state index contributed by atoms with van der Waals surface area (Å²) in [6, 6.07) is 15.8. The number of hydrogen-bond donors (Lipinski definition) is 0. The van der Waals surface area contributed by atoms with E-state index in [1.165, 1.54) is 6.07 Å². The average molecular weight is 377 g/mol. The molecule has 0 saturated heterocycles. The first-order chi connectivity index (χ1) is 13.4. The topological polar surface area (TPSA) is 56.5 Å². The standard InChI is InChI=1S/C21H17F2N5/c1-21(2,17-11-13-28(27-17)14-6-4-3-5-7-14)16-10-12-24-20(25-16)15-8-9-18(22)26-19(15)23/h3-13H,1-2H3. The predicted octanol–water partition coefficient (Wildman–Crippen LogP) is 4.33. The van der Waals surface area contributed by atoms with Crippen LogP contribution >= 0.6 is 0 Å². The maximum Gasteiger partial charge on any atom is 0.226 e. The van der Waals surface area contributed by atoms with Crippen LogP contribution in [-0.4, -0.2) is 24.7 Å². The molecule has 0 saturated carbocycles. The highest BCUT2D eigenvalue weighted by Crippen LogP contribution is 2.30. The lowest BCUT2D eigenvalue weighted by Gasteiger charge is -2.22. The summed E-state index contributed by atoms with van der Waals surface area (Å²) in [5, 5.41) is 4.68. The molecule has 0 aliphatic rings. The molecule has 7 heteroatoms. The van der Waals surface area contributed by atoms with Crippen LogP contribution < -0.4 is 0 Å². The largest absolute Gasteiger partial charge is 0.241 e. The molecule has 5 nitrogen and oxygen atoms in total. The van der Waals surface area contributed by atoms with Crippen LogP contribution in [0.15, 0.2) is 67.0 Å². The van der Waals surface area contributed by atoms with Crippen LogP contribution in [0.1, 0.15) is 25.2 Å². The minimum atomic E-state index is -0.941. The van der Waals surface area contributed by atoms with Gasteiger partial charge in [-0.25, -0.2) is 14.6 Å². The van der Waals surface area contributed by atoms with Gasteiger partial charge >= 0.3 is 0 Å². The second-order valence-electron chi connectivity index (χ2n) is 6.84. The van der Waals surface area contributed by atoms with Gasteiger partial charge in [0.15, 0.2) is 5.82 Å². The predicted molar refractivity (Wildman–Crippen MR) is 101 cm³/mol. The second-order valence-corrected chi connectivity index (χ2v) is 6.84. The van der Waals surface area contributed by atoms with Crippen LogP contribution in [0.3, 0.4) is 0 Å². The number of benzene rings is 1. The summed E-state index contributed by atoms with van der Waals surface area (Å²) in [7, 11) is 0. The third-order valence-corrected chi connectivity index (χ3v) is 4.60. The van der Waals surface area contributed by atoms with Crippen molar-refractivity contribution in [3.8, 4) is 17.1 Å². The molecule has 28 heavy (non-hydrogen) atoms. The van der Waals surface area contributed by atoms with Gasteiger partial charge in [0.2, 0.25) is 11.9 Å². The number of aromatic nitrogens is 5. The quantitative estimate of drug-likeness (QED) is 0.497. The summed E-state index contributed by atoms with van der Waals surface area (Å²) in [6.07, 6.45) is 3.44. The van der Waals surface area contributed by atoms with E-state index in [2.05, 4.69) is 20.1 Å². The van der Waals surface area contributed by atoms with E-state index < -0.39 is 17.3 Å². The summed E-state index contributed by atoms with van der Waals surface area (Å²) in [5.41, 5.74) is 1.92. The highest BCUT2D eigenvalue weighted by molar-refractivity contribution is 5.54. The zero-order valence-electron chi connectivity index (χ0n) is 15.3. The first-order valence-corrected chi connectivity index (χ1v) is 8.72. The molecule has 0 atom stereocenters. The lowest BCUT2D eigenvalue weighted by molar-refractivity contribution is 0.514. The Bertz CT molecular complexity index is 1120. The smallest absolute Gasteiger partial charge is 0.226 e. The maximum atomic E-state index is 14.0. The number of halogens is 2. The Balaban J connectivity index is 1.71. The number of nitrogens with zero attached hydrogens (tertiary/aromatic N) is 5. The number of pyridine rings is 1. The maximum absolute atomic E-state index is 14.0. The van der Waals surface area contributed by atoms with E-state index >= 15 is 0 Å². The molecule has 0 unspecified atom stereocenters. The molecular formula is C21H17F2N5. The molecule has 0 amide bonds. The molecule has 3 aromatic heterocycles. The Hall–Kier alpha value is -3.48. The van der Waals surface area contributed by atoms with Crippen LogP contribution in [0.2, 0.25) is 0 Å². The highest BCUT2D eigenvalue weighted by atomic mass is 19.1. The minimum absolute atomic E-state index is 0.0499. The summed E-state index contributed by atoms with van der Waals surface area (Å²) < 4.78 is 28.9. The van der Waals surface area contributed by atoms with Gasteiger partial charge in [0.05, 0.1) is 28.1 Å². The summed E-state index contributed by atoms with van der Waals surface area (Å²) in [4.78, 5) is 11.8. The lowest BCUT2D eigenvalue weighted by atomic mass is 9.85. The van der Waals surface area contributed by atoms with Crippen molar-refractivity contribution in [1.29, 1.82) is 0 Å². The first kappa shape index (κ1) is 17.9. The van der Waals surface area contributed by atoms with Gasteiger partial charge < -0.3 is 0 Å². The Kier molecular flexibility index (Phi) is 4.43. The molecule has 0 spiro atoms. The van der Waals surface area contributed by atoms with Crippen LogP contribution in [0, 0.1) is 11.9 Å². The van der Waals surface area contributed by atoms with Crippen molar-refractivity contribution >= 4 is 0 Å². The van der Waals surface area contributed by atoms with E-state index in [1.807, 2.05) is 56.4 Å². The third-order valence-electron chi connectivity index (χ3n) is 4.60. The number of hydrogen-bond acceptors (Lipinski definition) is 4. The molecule has 0 N–H and O–H groups in total. The fourth-order valence-corrected chi connectivity index (χ4v) is 2.93. The molecule has 140 valence electrons. The Morgan fingerprint density at radius 2 is 1.64 bits per heavy atom. The molecule has 0 bridgehead atoms. The van der Waals surface area contributed by atoms with E-state index in [4.69, 9.17) is 0 Å². The Morgan fingerprint density at radius 1 is 0.857 bits per heavy atom. The molecule has 0 aliphatic heterocycles. The fourth-order valence-electron chi connectivity index (χ4n) is 2.93. The summed E-state index contributed by atoms with van der Waals surface area (Å²) in [5.74, 6) is -1.68. The SMILES string of the molecule is CC(C)(c1ccnc(-c2ccc(F)nc2F)n1)c1ccn(-c2ccccc2)n1. The van der Waals surface area contributed by atoms with Gasteiger partial charge in [-0.3, -0.25) is 0 Å². The molecule has 4 rings (SSSR count). The van der Waals surface area contributed by atoms with E-state index in [-0.39, 0.29) is 11.4 Å². The van der Waals surface area contributed by atoms with E-state index in [9.17, 15) is 8.78 Å². The number of para-hydroxylation sites is 1. The van der Waals surface area contributed by atoms with Crippen molar-refractivity contribution in [1.82, 2.24) is 24.7 Å². The molecule has 4 aromatic rings.